The summed E-state index contributed by atoms with van der Waals surface area (Å²) in [4.78, 5) is 2.42. The first-order valence-electron chi connectivity index (χ1n) is 19.3. The highest BCUT2D eigenvalue weighted by Crippen LogP contribution is 2.43. The number of rotatable bonds is 6. The fourth-order valence-electron chi connectivity index (χ4n) is 8.78. The van der Waals surface area contributed by atoms with Gasteiger partial charge in [0.15, 0.2) is 0 Å². The van der Waals surface area contributed by atoms with E-state index in [9.17, 15) is 0 Å². The molecule has 0 N–H and O–H groups in total. The minimum absolute atomic E-state index is 1.11. The third-order valence-electron chi connectivity index (χ3n) is 11.3. The van der Waals surface area contributed by atoms with Gasteiger partial charge in [0.1, 0.15) is 0 Å². The summed E-state index contributed by atoms with van der Waals surface area (Å²) in [6.45, 7) is 0. The van der Waals surface area contributed by atoms with Crippen LogP contribution in [0.5, 0.6) is 0 Å². The van der Waals surface area contributed by atoms with Crippen LogP contribution in [0.25, 0.3) is 82.1 Å². The first-order valence-corrected chi connectivity index (χ1v) is 19.3. The SMILES string of the molecule is c1ccc(-n2c3ccccc3c3c(-c4cccc(-c5cccc(N(c6ccc7c(ccc8ccccc87)c6)c6cccc7ccccc67)c5)c4)cccc32)cc1. The average molecular weight is 713 g/mol. The maximum Gasteiger partial charge on any atom is 0.0547 e. The van der Waals surface area contributed by atoms with Crippen LogP contribution in [0.1, 0.15) is 0 Å². The summed E-state index contributed by atoms with van der Waals surface area (Å²) in [5.41, 5.74) is 11.7. The lowest BCUT2D eigenvalue weighted by Crippen LogP contribution is -2.10. The van der Waals surface area contributed by atoms with Gasteiger partial charge in [-0.25, -0.2) is 0 Å². The van der Waals surface area contributed by atoms with Gasteiger partial charge in [-0.15, -0.1) is 0 Å². The summed E-state index contributed by atoms with van der Waals surface area (Å²) in [7, 11) is 0. The maximum atomic E-state index is 2.42. The molecule has 11 rings (SSSR count). The Morgan fingerprint density at radius 2 is 0.911 bits per heavy atom. The molecule has 1 heterocycles. The molecule has 10 aromatic carbocycles. The number of benzene rings is 10. The summed E-state index contributed by atoms with van der Waals surface area (Å²) in [6, 6.07) is 79.5. The Morgan fingerprint density at radius 1 is 0.321 bits per heavy atom. The average Bonchev–Trinajstić information content (AvgIpc) is 3.61. The van der Waals surface area contributed by atoms with Crippen LogP contribution in [0.3, 0.4) is 0 Å². The molecule has 0 aliphatic heterocycles. The standard InChI is InChI=1S/C54H36N2/c1-2-20-43(21-3-1)56-52-27-9-8-25-50(52)54-49(26-13-29-53(54)56)41-19-10-17-39(34-41)40-18-11-22-44(35-40)55(51-28-12-16-37-14-5-7-24-48(37)51)45-32-33-47-42(36-45)31-30-38-15-4-6-23-46(38)47/h1-36H. The Labute approximate surface area is 325 Å². The highest BCUT2D eigenvalue weighted by molar-refractivity contribution is 6.16. The Hall–Kier alpha value is -7.42. The quantitative estimate of drug-likeness (QED) is 0.156. The van der Waals surface area contributed by atoms with E-state index in [1.807, 2.05) is 0 Å². The molecule has 0 unspecified atom stereocenters. The zero-order chi connectivity index (χ0) is 37.0. The molecule has 1 aromatic heterocycles. The number of fused-ring (bicyclic) bond motifs is 7. The van der Waals surface area contributed by atoms with Gasteiger partial charge in [-0.05, 0) is 110 Å². The van der Waals surface area contributed by atoms with Crippen molar-refractivity contribution >= 4 is 71.2 Å². The van der Waals surface area contributed by atoms with Crippen LogP contribution in [0.15, 0.2) is 218 Å². The van der Waals surface area contributed by atoms with Crippen molar-refractivity contribution in [3.05, 3.63) is 218 Å². The van der Waals surface area contributed by atoms with Crippen molar-refractivity contribution in [3.63, 3.8) is 0 Å². The van der Waals surface area contributed by atoms with E-state index in [-0.39, 0.29) is 0 Å². The van der Waals surface area contributed by atoms with Gasteiger partial charge in [0.05, 0.1) is 16.7 Å². The number of aromatic nitrogens is 1. The molecule has 0 saturated carbocycles. The highest BCUT2D eigenvalue weighted by atomic mass is 15.1. The molecular weight excluding hydrogens is 677 g/mol. The van der Waals surface area contributed by atoms with Crippen molar-refractivity contribution in [2.45, 2.75) is 0 Å². The van der Waals surface area contributed by atoms with Crippen molar-refractivity contribution in [1.82, 2.24) is 4.57 Å². The van der Waals surface area contributed by atoms with Crippen LogP contribution in [0.4, 0.5) is 17.1 Å². The normalized spacial score (nSPS) is 11.6. The van der Waals surface area contributed by atoms with Crippen LogP contribution in [0.2, 0.25) is 0 Å². The maximum absolute atomic E-state index is 2.42. The molecule has 262 valence electrons. The Morgan fingerprint density at radius 3 is 1.79 bits per heavy atom. The van der Waals surface area contributed by atoms with Gasteiger partial charge in [0, 0.05) is 33.2 Å². The van der Waals surface area contributed by atoms with E-state index in [4.69, 9.17) is 0 Å². The second kappa shape index (κ2) is 13.2. The molecule has 0 fully saturated rings. The molecule has 0 saturated heterocycles. The van der Waals surface area contributed by atoms with E-state index in [0.29, 0.717) is 0 Å². The fraction of sp³-hybridized carbons (Fsp3) is 0. The molecule has 0 bridgehead atoms. The van der Waals surface area contributed by atoms with E-state index in [0.717, 1.165) is 22.7 Å². The minimum Gasteiger partial charge on any atom is -0.310 e. The number of hydrogen-bond donors (Lipinski definition) is 0. The molecule has 2 nitrogen and oxygen atoms in total. The van der Waals surface area contributed by atoms with E-state index in [1.165, 1.54) is 76.4 Å². The smallest absolute Gasteiger partial charge is 0.0547 e. The Balaban J connectivity index is 1.07. The van der Waals surface area contributed by atoms with E-state index >= 15 is 0 Å². The molecule has 0 aliphatic carbocycles. The van der Waals surface area contributed by atoms with Gasteiger partial charge in [-0.1, -0.05) is 158 Å². The molecule has 56 heavy (non-hydrogen) atoms. The molecule has 0 amide bonds. The number of hydrogen-bond acceptors (Lipinski definition) is 1. The molecule has 0 atom stereocenters. The fourth-order valence-corrected chi connectivity index (χ4v) is 8.78. The van der Waals surface area contributed by atoms with E-state index < -0.39 is 0 Å². The third kappa shape index (κ3) is 5.26. The van der Waals surface area contributed by atoms with Crippen LogP contribution in [0, 0.1) is 0 Å². The van der Waals surface area contributed by atoms with Gasteiger partial charge >= 0.3 is 0 Å². The lowest BCUT2D eigenvalue weighted by Gasteiger charge is -2.28. The second-order valence-corrected chi connectivity index (χ2v) is 14.5. The van der Waals surface area contributed by atoms with Crippen molar-refractivity contribution in [1.29, 1.82) is 0 Å². The predicted molar refractivity (Wildman–Crippen MR) is 239 cm³/mol. The second-order valence-electron chi connectivity index (χ2n) is 14.5. The largest absolute Gasteiger partial charge is 0.310 e. The number of para-hydroxylation sites is 2. The minimum atomic E-state index is 1.11. The Kier molecular flexibility index (Phi) is 7.53. The third-order valence-corrected chi connectivity index (χ3v) is 11.3. The van der Waals surface area contributed by atoms with E-state index in [2.05, 4.69) is 228 Å². The lowest BCUT2D eigenvalue weighted by atomic mass is 9.95. The summed E-state index contributed by atoms with van der Waals surface area (Å²) in [6.07, 6.45) is 0. The number of nitrogens with zero attached hydrogens (tertiary/aromatic N) is 2. The summed E-state index contributed by atoms with van der Waals surface area (Å²) >= 11 is 0. The van der Waals surface area contributed by atoms with Gasteiger partial charge < -0.3 is 9.47 Å². The van der Waals surface area contributed by atoms with Gasteiger partial charge in [0.25, 0.3) is 0 Å². The van der Waals surface area contributed by atoms with Gasteiger partial charge in [0.2, 0.25) is 0 Å². The summed E-state index contributed by atoms with van der Waals surface area (Å²) in [5.74, 6) is 0. The first-order chi connectivity index (χ1) is 27.8. The number of anilines is 3. The van der Waals surface area contributed by atoms with E-state index in [1.54, 1.807) is 0 Å². The monoisotopic (exact) mass is 712 g/mol. The Bertz CT molecular complexity index is 3260. The zero-order valence-corrected chi connectivity index (χ0v) is 30.7. The molecule has 11 aromatic rings. The summed E-state index contributed by atoms with van der Waals surface area (Å²) in [5, 5.41) is 9.96. The molecule has 0 spiro atoms. The van der Waals surface area contributed by atoms with Crippen molar-refractivity contribution < 1.29 is 0 Å². The lowest BCUT2D eigenvalue weighted by molar-refractivity contribution is 1.18. The van der Waals surface area contributed by atoms with Crippen molar-refractivity contribution in [3.8, 4) is 27.9 Å². The van der Waals surface area contributed by atoms with Gasteiger partial charge in [-0.3, -0.25) is 0 Å². The predicted octanol–water partition coefficient (Wildman–Crippen LogP) is 15.0. The molecule has 0 radical (unpaired) electrons. The molecular formula is C54H36N2. The van der Waals surface area contributed by atoms with Crippen LogP contribution < -0.4 is 4.90 Å². The molecule has 2 heteroatoms. The zero-order valence-electron chi connectivity index (χ0n) is 30.7. The van der Waals surface area contributed by atoms with Crippen molar-refractivity contribution in [2.75, 3.05) is 4.90 Å². The van der Waals surface area contributed by atoms with Crippen molar-refractivity contribution in [2.24, 2.45) is 0 Å². The van der Waals surface area contributed by atoms with Crippen LogP contribution in [-0.2, 0) is 0 Å². The topological polar surface area (TPSA) is 8.17 Å². The van der Waals surface area contributed by atoms with Crippen LogP contribution >= 0.6 is 0 Å². The van der Waals surface area contributed by atoms with Crippen LogP contribution in [-0.4, -0.2) is 4.57 Å². The van der Waals surface area contributed by atoms with Gasteiger partial charge in [-0.2, -0.15) is 0 Å². The molecule has 0 aliphatic rings. The summed E-state index contributed by atoms with van der Waals surface area (Å²) < 4.78 is 2.39. The highest BCUT2D eigenvalue weighted by Gasteiger charge is 2.19. The first kappa shape index (κ1) is 32.0.